The van der Waals surface area contributed by atoms with Gasteiger partial charge in [0.2, 0.25) is 0 Å². The molecule has 2 N–H and O–H groups in total. The fraction of sp³-hybridized carbons (Fsp3) is 0.385. The summed E-state index contributed by atoms with van der Waals surface area (Å²) in [7, 11) is 0. The molecular weight excluding hydrogens is 233 g/mol. The first-order valence-corrected chi connectivity index (χ1v) is 6.03. The minimum Gasteiger partial charge on any atom is -0.338 e. The molecule has 18 heavy (non-hydrogen) atoms. The van der Waals surface area contributed by atoms with E-state index < -0.39 is 5.54 Å². The second kappa shape index (κ2) is 4.76. The van der Waals surface area contributed by atoms with Crippen molar-refractivity contribution in [1.29, 1.82) is 0 Å². The largest absolute Gasteiger partial charge is 0.338 e. The van der Waals surface area contributed by atoms with E-state index in [0.29, 0.717) is 24.5 Å². The molecule has 2 rings (SSSR count). The summed E-state index contributed by atoms with van der Waals surface area (Å²) in [6.07, 6.45) is 0.447. The molecule has 0 saturated carbocycles. The lowest BCUT2D eigenvalue weighted by Crippen LogP contribution is -2.44. The molecule has 1 saturated heterocycles. The molecule has 0 spiro atoms. The molecule has 1 fully saturated rings. The predicted molar refractivity (Wildman–Crippen MR) is 67.6 cm³/mol. The first kappa shape index (κ1) is 12.5. The highest BCUT2D eigenvalue weighted by molar-refractivity contribution is 6.09. The Morgan fingerprint density at radius 3 is 2.67 bits per heavy atom. The van der Waals surface area contributed by atoms with Crippen LogP contribution in [0.5, 0.6) is 0 Å². The number of hydrogen-bond acceptors (Lipinski definition) is 2. The third-order valence-corrected chi connectivity index (χ3v) is 3.13. The van der Waals surface area contributed by atoms with Crippen molar-refractivity contribution in [3.8, 4) is 0 Å². The van der Waals surface area contributed by atoms with Crippen molar-refractivity contribution in [2.75, 3.05) is 6.54 Å². The summed E-state index contributed by atoms with van der Waals surface area (Å²) >= 11 is 0. The van der Waals surface area contributed by atoms with Gasteiger partial charge in [0.05, 0.1) is 0 Å². The van der Waals surface area contributed by atoms with E-state index in [-0.39, 0.29) is 11.7 Å². The Labute approximate surface area is 105 Å². The van der Waals surface area contributed by atoms with Crippen LogP contribution in [-0.4, -0.2) is 18.4 Å². The Morgan fingerprint density at radius 2 is 2.06 bits per heavy atom. The molecule has 1 aliphatic rings. The van der Waals surface area contributed by atoms with Gasteiger partial charge in [0, 0.05) is 12.1 Å². The van der Waals surface area contributed by atoms with E-state index in [1.54, 1.807) is 18.2 Å². The highest BCUT2D eigenvalue weighted by Gasteiger charge is 2.46. The van der Waals surface area contributed by atoms with E-state index in [1.807, 2.05) is 13.8 Å². The van der Waals surface area contributed by atoms with Crippen LogP contribution in [0.4, 0.5) is 4.39 Å². The zero-order valence-corrected chi connectivity index (χ0v) is 10.5. The minimum atomic E-state index is -1.06. The van der Waals surface area contributed by atoms with Crippen LogP contribution in [-0.2, 0) is 10.3 Å². The monoisotopic (exact) mass is 249 g/mol. The summed E-state index contributed by atoms with van der Waals surface area (Å²) in [4.78, 5) is 16.3. The molecule has 1 atom stereocenters. The molecule has 1 aromatic rings. The van der Waals surface area contributed by atoms with Crippen molar-refractivity contribution >= 4 is 11.9 Å². The van der Waals surface area contributed by atoms with Crippen molar-refractivity contribution in [3.63, 3.8) is 0 Å². The van der Waals surface area contributed by atoms with E-state index >= 15 is 0 Å². The molecule has 1 amide bonds. The fourth-order valence-electron chi connectivity index (χ4n) is 2.18. The van der Waals surface area contributed by atoms with Gasteiger partial charge in [0.25, 0.3) is 5.91 Å². The first-order valence-electron chi connectivity index (χ1n) is 6.03. The third kappa shape index (κ3) is 1.85. The number of benzene rings is 1. The molecule has 96 valence electrons. The first-order chi connectivity index (χ1) is 8.64. The maximum atomic E-state index is 13.9. The summed E-state index contributed by atoms with van der Waals surface area (Å²) in [5.74, 6) is -0.241. The van der Waals surface area contributed by atoms with Crippen LogP contribution < -0.4 is 10.6 Å². The van der Waals surface area contributed by atoms with Gasteiger partial charge in [0.1, 0.15) is 11.4 Å². The summed E-state index contributed by atoms with van der Waals surface area (Å²) in [6, 6.07) is 6.31. The number of guanidine groups is 1. The highest BCUT2D eigenvalue weighted by Crippen LogP contribution is 2.30. The van der Waals surface area contributed by atoms with Crippen molar-refractivity contribution in [2.24, 2.45) is 4.99 Å². The van der Waals surface area contributed by atoms with Crippen LogP contribution in [0.3, 0.4) is 0 Å². The number of rotatable bonds is 3. The van der Waals surface area contributed by atoms with Crippen molar-refractivity contribution in [3.05, 3.63) is 35.6 Å². The molecule has 0 aromatic heterocycles. The van der Waals surface area contributed by atoms with Gasteiger partial charge in [-0.2, -0.15) is 0 Å². The van der Waals surface area contributed by atoms with Crippen molar-refractivity contribution in [2.45, 2.75) is 25.8 Å². The number of amides is 1. The summed E-state index contributed by atoms with van der Waals surface area (Å²) < 4.78 is 13.9. The van der Waals surface area contributed by atoms with Crippen LogP contribution in [0.1, 0.15) is 25.8 Å². The van der Waals surface area contributed by atoms with Gasteiger partial charge >= 0.3 is 0 Å². The number of nitrogens with zero attached hydrogens (tertiary/aromatic N) is 1. The minimum absolute atomic E-state index is 0.262. The lowest BCUT2D eigenvalue weighted by Gasteiger charge is -2.25. The number of carbonyl (C=O) groups excluding carboxylic acids is 1. The number of carbonyl (C=O) groups is 1. The zero-order valence-electron chi connectivity index (χ0n) is 10.5. The summed E-state index contributed by atoms with van der Waals surface area (Å²) in [5, 5.41) is 5.67. The quantitative estimate of drug-likeness (QED) is 0.853. The number of hydrogen-bond donors (Lipinski definition) is 2. The van der Waals surface area contributed by atoms with Crippen LogP contribution in [0.25, 0.3) is 0 Å². The van der Waals surface area contributed by atoms with Gasteiger partial charge in [-0.3, -0.25) is 15.1 Å². The van der Waals surface area contributed by atoms with E-state index in [9.17, 15) is 9.18 Å². The molecular formula is C13H16FN3O. The molecule has 1 unspecified atom stereocenters. The Bertz CT molecular complexity index is 501. The van der Waals surface area contributed by atoms with Gasteiger partial charge in [-0.15, -0.1) is 0 Å². The zero-order chi connectivity index (χ0) is 13.2. The smallest absolute Gasteiger partial charge is 0.257 e. The van der Waals surface area contributed by atoms with E-state index in [1.165, 1.54) is 6.07 Å². The van der Waals surface area contributed by atoms with Gasteiger partial charge in [-0.1, -0.05) is 25.1 Å². The highest BCUT2D eigenvalue weighted by atomic mass is 19.1. The maximum absolute atomic E-state index is 13.9. The van der Waals surface area contributed by atoms with Crippen LogP contribution >= 0.6 is 0 Å². The Kier molecular flexibility index (Phi) is 3.32. The molecule has 5 heteroatoms. The van der Waals surface area contributed by atoms with Crippen molar-refractivity contribution in [1.82, 2.24) is 10.6 Å². The lowest BCUT2D eigenvalue weighted by molar-refractivity contribution is -0.124. The van der Waals surface area contributed by atoms with Gasteiger partial charge in [-0.05, 0) is 19.4 Å². The summed E-state index contributed by atoms with van der Waals surface area (Å²) in [5.41, 5.74) is -0.703. The Hall–Kier alpha value is -1.91. The predicted octanol–water partition coefficient (Wildman–Crippen LogP) is 1.53. The van der Waals surface area contributed by atoms with Gasteiger partial charge < -0.3 is 5.32 Å². The second-order valence-electron chi connectivity index (χ2n) is 4.14. The molecule has 0 bridgehead atoms. The maximum Gasteiger partial charge on any atom is 0.257 e. The third-order valence-electron chi connectivity index (χ3n) is 3.13. The summed E-state index contributed by atoms with van der Waals surface area (Å²) in [6.45, 7) is 4.27. The van der Waals surface area contributed by atoms with Crippen LogP contribution in [0.15, 0.2) is 29.3 Å². The van der Waals surface area contributed by atoms with Crippen LogP contribution in [0, 0.1) is 5.82 Å². The average molecular weight is 249 g/mol. The molecule has 1 aliphatic heterocycles. The molecule has 1 aromatic carbocycles. The lowest BCUT2D eigenvalue weighted by atomic mass is 9.87. The molecule has 1 heterocycles. The number of aliphatic imine (C=N–C) groups is 1. The second-order valence-corrected chi connectivity index (χ2v) is 4.14. The number of nitrogens with one attached hydrogen (secondary N) is 2. The standard InChI is InChI=1S/C13H16FN3O/c1-3-13(9-7-5-6-8-10(9)14)11(18)16-12(17-13)15-4-2/h5-8H,3-4H2,1-2H3,(H2,15,16,17,18). The molecule has 0 radical (unpaired) electrons. The Balaban J connectivity index is 2.47. The SMILES string of the molecule is CCN=C1NC(=O)C(CC)(c2ccccc2F)N1. The van der Waals surface area contributed by atoms with E-state index in [0.717, 1.165) is 0 Å². The fourth-order valence-corrected chi connectivity index (χ4v) is 2.18. The Morgan fingerprint density at radius 1 is 1.33 bits per heavy atom. The van der Waals surface area contributed by atoms with Gasteiger partial charge in [0.15, 0.2) is 5.96 Å². The topological polar surface area (TPSA) is 53.5 Å². The van der Waals surface area contributed by atoms with E-state index in [2.05, 4.69) is 15.6 Å². The molecule has 4 nitrogen and oxygen atoms in total. The van der Waals surface area contributed by atoms with E-state index in [4.69, 9.17) is 0 Å². The molecule has 0 aliphatic carbocycles. The van der Waals surface area contributed by atoms with Crippen molar-refractivity contribution < 1.29 is 9.18 Å². The van der Waals surface area contributed by atoms with Gasteiger partial charge in [-0.25, -0.2) is 4.39 Å². The number of halogens is 1. The normalized spacial score (nSPS) is 25.1. The average Bonchev–Trinajstić information content (AvgIpc) is 2.68. The van der Waals surface area contributed by atoms with Crippen LogP contribution in [0.2, 0.25) is 0 Å².